The van der Waals surface area contributed by atoms with E-state index < -0.39 is 0 Å². The molecular weight excluding hydrogens is 479 g/mol. The van der Waals surface area contributed by atoms with Gasteiger partial charge in [0.25, 0.3) is 0 Å². The highest BCUT2D eigenvalue weighted by Gasteiger charge is 2.34. The third-order valence-electron chi connectivity index (χ3n) is 7.52. The summed E-state index contributed by atoms with van der Waals surface area (Å²) in [5.74, 6) is 0.383. The highest BCUT2D eigenvalue weighted by molar-refractivity contribution is 6.28. The first-order chi connectivity index (χ1) is 18.7. The molecule has 7 heteroatoms. The molecule has 1 aliphatic carbocycles. The molecule has 1 fully saturated rings. The second kappa shape index (κ2) is 9.03. The quantitative estimate of drug-likeness (QED) is 0.305. The zero-order valence-electron chi connectivity index (χ0n) is 20.7. The minimum Gasteiger partial charge on any atom is -0.380 e. The summed E-state index contributed by atoms with van der Waals surface area (Å²) in [5, 5.41) is 8.76. The summed E-state index contributed by atoms with van der Waals surface area (Å²) in [4.78, 5) is 18.1. The van der Waals surface area contributed by atoms with Gasteiger partial charge in [-0.15, -0.1) is 0 Å². The molecule has 1 N–H and O–H groups in total. The van der Waals surface area contributed by atoms with Gasteiger partial charge in [0.05, 0.1) is 22.3 Å². The molecule has 1 aliphatic heterocycles. The first-order valence-electron chi connectivity index (χ1n) is 12.8. The molecular formula is C31H25FN4O2. The predicted molar refractivity (Wildman–Crippen MR) is 147 cm³/mol. The normalized spacial score (nSPS) is 14.6. The summed E-state index contributed by atoms with van der Waals surface area (Å²) in [6, 6.07) is 26.6. The second-order valence-corrected chi connectivity index (χ2v) is 9.69. The van der Waals surface area contributed by atoms with Crippen LogP contribution >= 0.6 is 0 Å². The fraction of sp³-hybridized carbons (Fsp3) is 0.161. The Morgan fingerprint density at radius 3 is 2.24 bits per heavy atom. The van der Waals surface area contributed by atoms with E-state index in [4.69, 9.17) is 4.52 Å². The fourth-order valence-corrected chi connectivity index (χ4v) is 5.61. The van der Waals surface area contributed by atoms with Crippen molar-refractivity contribution in [3.63, 3.8) is 0 Å². The number of carbonyl (C=O) groups excluding carboxylic acids is 1. The molecule has 0 atom stereocenters. The van der Waals surface area contributed by atoms with Gasteiger partial charge >= 0.3 is 0 Å². The average Bonchev–Trinajstić information content (AvgIpc) is 3.41. The lowest BCUT2D eigenvalue weighted by Gasteiger charge is -2.37. The van der Waals surface area contributed by atoms with E-state index in [2.05, 4.69) is 32.4 Å². The van der Waals surface area contributed by atoms with Gasteiger partial charge in [-0.05, 0) is 23.8 Å². The van der Waals surface area contributed by atoms with E-state index in [-0.39, 0.29) is 11.6 Å². The lowest BCUT2D eigenvalue weighted by molar-refractivity contribution is 0.104. The molecule has 0 unspecified atom stereocenters. The van der Waals surface area contributed by atoms with Gasteiger partial charge in [-0.3, -0.25) is 4.79 Å². The summed E-state index contributed by atoms with van der Waals surface area (Å²) < 4.78 is 20.3. The maximum Gasteiger partial charge on any atom is 0.196 e. The van der Waals surface area contributed by atoms with Crippen molar-refractivity contribution in [2.75, 3.05) is 41.3 Å². The van der Waals surface area contributed by atoms with Crippen LogP contribution in [0.5, 0.6) is 0 Å². The first-order valence-corrected chi connectivity index (χ1v) is 12.8. The van der Waals surface area contributed by atoms with Gasteiger partial charge in [-0.1, -0.05) is 71.9 Å². The van der Waals surface area contributed by atoms with Gasteiger partial charge in [0.1, 0.15) is 11.3 Å². The smallest absolute Gasteiger partial charge is 0.196 e. The largest absolute Gasteiger partial charge is 0.380 e. The van der Waals surface area contributed by atoms with Crippen LogP contribution in [0.1, 0.15) is 21.5 Å². The number of benzene rings is 4. The summed E-state index contributed by atoms with van der Waals surface area (Å²) in [6.45, 7) is 3.30. The molecule has 2 aliphatic rings. The number of piperazine rings is 1. The molecule has 4 aromatic carbocycles. The Hall–Kier alpha value is -4.65. The van der Waals surface area contributed by atoms with Crippen LogP contribution in [-0.4, -0.2) is 37.1 Å². The Bertz CT molecular complexity index is 1670. The molecule has 0 amide bonds. The van der Waals surface area contributed by atoms with Crippen LogP contribution in [-0.2, 0) is 6.54 Å². The van der Waals surface area contributed by atoms with Crippen LogP contribution < -0.4 is 15.1 Å². The molecule has 188 valence electrons. The van der Waals surface area contributed by atoms with Crippen LogP contribution in [0.2, 0.25) is 0 Å². The Morgan fingerprint density at radius 1 is 0.816 bits per heavy atom. The fourth-order valence-electron chi connectivity index (χ4n) is 5.61. The minimum absolute atomic E-state index is 0.0345. The van der Waals surface area contributed by atoms with E-state index >= 15 is 0 Å². The van der Waals surface area contributed by atoms with E-state index in [1.807, 2.05) is 60.7 Å². The summed E-state index contributed by atoms with van der Waals surface area (Å²) >= 11 is 0. The molecule has 0 spiro atoms. The van der Waals surface area contributed by atoms with Gasteiger partial charge < -0.3 is 19.6 Å². The second-order valence-electron chi connectivity index (χ2n) is 9.69. The number of carbonyl (C=O) groups is 1. The molecule has 5 aromatic rings. The highest BCUT2D eigenvalue weighted by Crippen LogP contribution is 2.46. The maximum absolute atomic E-state index is 14.4. The van der Waals surface area contributed by atoms with Crippen molar-refractivity contribution in [3.8, 4) is 11.3 Å². The molecule has 6 nitrogen and oxygen atoms in total. The SMILES string of the molecule is O=C1c2ccccc2-c2onc3c(N4CCN(c5ccccc5F)CC4)cc(NCc4ccccc4)c1c23. The number of halogens is 1. The van der Waals surface area contributed by atoms with Crippen molar-refractivity contribution in [1.82, 2.24) is 5.16 Å². The maximum atomic E-state index is 14.4. The van der Waals surface area contributed by atoms with Gasteiger partial charge in [-0.25, -0.2) is 4.39 Å². The zero-order chi connectivity index (χ0) is 25.6. The standard InChI is InChI=1S/C31H25FN4O2/c32-23-12-6-7-13-25(23)35-14-16-36(17-15-35)26-18-24(33-19-20-8-2-1-3-9-20)27-28-29(26)34-38-31(28)22-11-5-4-10-21(22)30(27)37/h1-13,18,33H,14-17,19H2. The molecule has 2 heterocycles. The van der Waals surface area contributed by atoms with Crippen molar-refractivity contribution in [3.05, 3.63) is 107 Å². The monoisotopic (exact) mass is 504 g/mol. The summed E-state index contributed by atoms with van der Waals surface area (Å²) in [6.07, 6.45) is 0. The van der Waals surface area contributed by atoms with Gasteiger partial charge in [-0.2, -0.15) is 0 Å². The van der Waals surface area contributed by atoms with Crippen LogP contribution in [0, 0.1) is 5.82 Å². The molecule has 38 heavy (non-hydrogen) atoms. The number of fused-ring (bicyclic) bond motifs is 2. The Kier molecular flexibility index (Phi) is 5.35. The first kappa shape index (κ1) is 22.5. The Labute approximate surface area is 219 Å². The molecule has 0 bridgehead atoms. The number of aromatic nitrogens is 1. The lowest BCUT2D eigenvalue weighted by Crippen LogP contribution is -2.47. The van der Waals surface area contributed by atoms with Gasteiger partial charge in [0.2, 0.25) is 0 Å². The molecule has 0 saturated carbocycles. The Morgan fingerprint density at radius 2 is 1.47 bits per heavy atom. The predicted octanol–water partition coefficient (Wildman–Crippen LogP) is 6.12. The van der Waals surface area contributed by atoms with E-state index in [1.165, 1.54) is 6.07 Å². The van der Waals surface area contributed by atoms with Crippen molar-refractivity contribution < 1.29 is 13.7 Å². The van der Waals surface area contributed by atoms with E-state index in [9.17, 15) is 9.18 Å². The number of rotatable bonds is 5. The highest BCUT2D eigenvalue weighted by atomic mass is 19.1. The molecule has 1 saturated heterocycles. The zero-order valence-corrected chi connectivity index (χ0v) is 20.7. The van der Waals surface area contributed by atoms with E-state index in [0.29, 0.717) is 60.8 Å². The number of nitrogens with one attached hydrogen (secondary N) is 1. The number of para-hydroxylation sites is 1. The number of hydrogen-bond donors (Lipinski definition) is 1. The molecule has 0 radical (unpaired) electrons. The number of hydrogen-bond acceptors (Lipinski definition) is 6. The van der Waals surface area contributed by atoms with E-state index in [1.54, 1.807) is 6.07 Å². The summed E-state index contributed by atoms with van der Waals surface area (Å²) in [5.41, 5.74) is 6.08. The minimum atomic E-state index is -0.208. The van der Waals surface area contributed by atoms with Crippen LogP contribution in [0.4, 0.5) is 21.5 Å². The van der Waals surface area contributed by atoms with Gasteiger partial charge in [0.15, 0.2) is 11.5 Å². The van der Waals surface area contributed by atoms with Crippen molar-refractivity contribution in [1.29, 1.82) is 0 Å². The van der Waals surface area contributed by atoms with Crippen LogP contribution in [0.15, 0.2) is 89.5 Å². The van der Waals surface area contributed by atoms with Crippen molar-refractivity contribution >= 4 is 33.7 Å². The third-order valence-corrected chi connectivity index (χ3v) is 7.52. The van der Waals surface area contributed by atoms with Crippen LogP contribution in [0.25, 0.3) is 22.2 Å². The number of anilines is 3. The van der Waals surface area contributed by atoms with Crippen LogP contribution in [0.3, 0.4) is 0 Å². The Balaban J connectivity index is 1.30. The average molecular weight is 505 g/mol. The third kappa shape index (κ3) is 3.62. The van der Waals surface area contributed by atoms with Crippen molar-refractivity contribution in [2.24, 2.45) is 0 Å². The summed E-state index contributed by atoms with van der Waals surface area (Å²) in [7, 11) is 0. The molecule has 1 aromatic heterocycles. The number of ketones is 1. The van der Waals surface area contributed by atoms with Gasteiger partial charge in [0, 0.05) is 49.5 Å². The topological polar surface area (TPSA) is 61.6 Å². The number of nitrogens with zero attached hydrogens (tertiary/aromatic N) is 3. The lowest BCUT2D eigenvalue weighted by atomic mass is 9.86. The van der Waals surface area contributed by atoms with E-state index in [0.717, 1.165) is 27.9 Å². The molecule has 7 rings (SSSR count). The van der Waals surface area contributed by atoms with Crippen molar-refractivity contribution in [2.45, 2.75) is 6.54 Å².